The van der Waals surface area contributed by atoms with Crippen molar-refractivity contribution in [1.82, 2.24) is 0 Å². The lowest BCUT2D eigenvalue weighted by molar-refractivity contribution is -0.300. The molecule has 8 atom stereocenters. The first-order valence-electron chi connectivity index (χ1n) is 13.3. The number of anilines is 1. The lowest BCUT2D eigenvalue weighted by atomic mass is 9.87. The first-order valence-corrected chi connectivity index (χ1v) is 13.3. The number of benzene rings is 3. The van der Waals surface area contributed by atoms with E-state index in [2.05, 4.69) is 0 Å². The molecule has 11 heteroatoms. The molecule has 3 aromatic rings. The number of β-lactam (4-membered cyclic amide) rings is 1. The number of halogens is 2. The predicted octanol–water partition coefficient (Wildman–Crippen LogP) is 2.67. The van der Waals surface area contributed by atoms with E-state index in [4.69, 9.17) is 14.2 Å². The van der Waals surface area contributed by atoms with Crippen LogP contribution < -0.4 is 9.64 Å². The molecular weight excluding hydrogens is 540 g/mol. The summed E-state index contributed by atoms with van der Waals surface area (Å²) in [4.78, 5) is 14.6. The Kier molecular flexibility index (Phi) is 8.93. The van der Waals surface area contributed by atoms with E-state index in [1.807, 2.05) is 0 Å². The lowest BCUT2D eigenvalue weighted by Gasteiger charge is -2.50. The van der Waals surface area contributed by atoms with Gasteiger partial charge in [0.1, 0.15) is 41.9 Å². The molecule has 2 heterocycles. The van der Waals surface area contributed by atoms with Gasteiger partial charge in [0, 0.05) is 5.69 Å². The summed E-state index contributed by atoms with van der Waals surface area (Å²) in [5.41, 5.74) is 0.828. The van der Waals surface area contributed by atoms with Gasteiger partial charge < -0.3 is 34.6 Å². The Hall–Kier alpha value is -3.45. The molecule has 5 rings (SSSR count). The van der Waals surface area contributed by atoms with Crippen LogP contribution in [0, 0.1) is 17.6 Å². The van der Waals surface area contributed by atoms with Crippen molar-refractivity contribution in [3.63, 3.8) is 0 Å². The monoisotopic (exact) mass is 571 g/mol. The van der Waals surface area contributed by atoms with Gasteiger partial charge in [-0.25, -0.2) is 8.78 Å². The second kappa shape index (κ2) is 12.6. The molecule has 0 radical (unpaired) electrons. The molecule has 0 aliphatic carbocycles. The van der Waals surface area contributed by atoms with Crippen molar-refractivity contribution in [3.8, 4) is 5.75 Å². The summed E-state index contributed by atoms with van der Waals surface area (Å²) in [5.74, 6) is -1.69. The maximum atomic E-state index is 13.6. The topological polar surface area (TPSA) is 129 Å². The molecule has 218 valence electrons. The van der Waals surface area contributed by atoms with Gasteiger partial charge in [0.05, 0.1) is 18.6 Å². The number of hydrogen-bond acceptors (Lipinski definition) is 8. The van der Waals surface area contributed by atoms with E-state index in [9.17, 15) is 34.0 Å². The van der Waals surface area contributed by atoms with Crippen LogP contribution in [-0.2, 0) is 14.3 Å². The quantitative estimate of drug-likeness (QED) is 0.274. The SMILES string of the molecule is O=C1[C@H](CC[C@H](O)c2ccc(F)cc2)[C@H](O[C@H]2[C@@H](Oc3ccccc3)O[C@H](CO)[C@@H](O)[C@@H]2O)N1c1ccc(F)cc1. The van der Waals surface area contributed by atoms with Crippen molar-refractivity contribution in [3.05, 3.63) is 96.1 Å². The Morgan fingerprint density at radius 3 is 2.17 bits per heavy atom. The minimum Gasteiger partial charge on any atom is -0.462 e. The predicted molar refractivity (Wildman–Crippen MR) is 141 cm³/mol. The largest absolute Gasteiger partial charge is 0.462 e. The normalized spacial score (nSPS) is 28.7. The minimum atomic E-state index is -1.56. The lowest BCUT2D eigenvalue weighted by Crippen LogP contribution is -2.68. The van der Waals surface area contributed by atoms with Gasteiger partial charge in [-0.3, -0.25) is 9.69 Å². The highest BCUT2D eigenvalue weighted by Gasteiger charge is 2.54. The van der Waals surface area contributed by atoms with E-state index in [0.717, 1.165) is 0 Å². The van der Waals surface area contributed by atoms with E-state index in [1.165, 1.54) is 53.4 Å². The van der Waals surface area contributed by atoms with Gasteiger partial charge in [-0.05, 0) is 66.9 Å². The number of ether oxygens (including phenoxy) is 3. The number of carbonyl (C=O) groups is 1. The molecule has 0 saturated carbocycles. The molecule has 1 amide bonds. The van der Waals surface area contributed by atoms with Crippen molar-refractivity contribution in [2.75, 3.05) is 11.5 Å². The Morgan fingerprint density at radius 1 is 0.902 bits per heavy atom. The van der Waals surface area contributed by atoms with Crippen molar-refractivity contribution in [2.45, 2.75) is 55.9 Å². The maximum absolute atomic E-state index is 13.6. The first-order chi connectivity index (χ1) is 19.8. The van der Waals surface area contributed by atoms with E-state index in [1.54, 1.807) is 30.3 Å². The number of rotatable bonds is 10. The highest BCUT2D eigenvalue weighted by molar-refractivity contribution is 6.02. The van der Waals surface area contributed by atoms with Crippen molar-refractivity contribution < 1.29 is 48.2 Å². The van der Waals surface area contributed by atoms with E-state index < -0.39 is 67.2 Å². The molecule has 2 aliphatic rings. The Bertz CT molecular complexity index is 1300. The van der Waals surface area contributed by atoms with Crippen LogP contribution >= 0.6 is 0 Å². The standard InChI is InChI=1S/C30H31F2NO8/c31-18-8-6-17(7-9-18)23(35)15-14-22-28(38)33(20-12-10-19(32)11-13-20)29(22)41-27-26(37)25(36)24(16-34)40-30(27)39-21-4-2-1-3-5-21/h1-13,22-27,29-30,34-37H,14-16H2/t22-,23-,24+,25+,26-,27+,29-,30-/m0/s1. The van der Waals surface area contributed by atoms with E-state index >= 15 is 0 Å². The molecule has 9 nitrogen and oxygen atoms in total. The highest BCUT2D eigenvalue weighted by Crippen LogP contribution is 2.40. The number of aliphatic hydroxyl groups excluding tert-OH is 4. The molecule has 41 heavy (non-hydrogen) atoms. The van der Waals surface area contributed by atoms with Crippen molar-refractivity contribution in [1.29, 1.82) is 0 Å². The molecule has 0 unspecified atom stereocenters. The van der Waals surface area contributed by atoms with Crippen LogP contribution in [0.2, 0.25) is 0 Å². The van der Waals surface area contributed by atoms with E-state index in [-0.39, 0.29) is 18.7 Å². The van der Waals surface area contributed by atoms with E-state index in [0.29, 0.717) is 17.0 Å². The summed E-state index contributed by atoms with van der Waals surface area (Å²) in [7, 11) is 0. The summed E-state index contributed by atoms with van der Waals surface area (Å²) >= 11 is 0. The summed E-state index contributed by atoms with van der Waals surface area (Å²) in [5, 5.41) is 42.0. The fraction of sp³-hybridized carbons (Fsp3) is 0.367. The van der Waals surface area contributed by atoms with Gasteiger partial charge in [0.15, 0.2) is 6.10 Å². The zero-order chi connectivity index (χ0) is 29.1. The minimum absolute atomic E-state index is 0.141. The van der Waals surface area contributed by atoms with Crippen molar-refractivity contribution >= 4 is 11.6 Å². The second-order valence-electron chi connectivity index (χ2n) is 10.1. The van der Waals surface area contributed by atoms with Gasteiger partial charge in [-0.2, -0.15) is 0 Å². The van der Waals surface area contributed by atoms with Crippen LogP contribution in [0.15, 0.2) is 78.9 Å². The number of amides is 1. The first kappa shape index (κ1) is 29.1. The summed E-state index contributed by atoms with van der Waals surface area (Å²) < 4.78 is 44.9. The fourth-order valence-electron chi connectivity index (χ4n) is 5.10. The smallest absolute Gasteiger partial charge is 0.236 e. The Morgan fingerprint density at radius 2 is 1.54 bits per heavy atom. The third kappa shape index (κ3) is 6.25. The van der Waals surface area contributed by atoms with Crippen LogP contribution in [-0.4, -0.2) is 69.9 Å². The Balaban J connectivity index is 1.39. The number of carbonyl (C=O) groups excluding carboxylic acids is 1. The second-order valence-corrected chi connectivity index (χ2v) is 10.1. The molecule has 3 aromatic carbocycles. The van der Waals surface area contributed by atoms with Gasteiger partial charge >= 0.3 is 0 Å². The summed E-state index contributed by atoms with van der Waals surface area (Å²) in [6.07, 6.45) is -8.50. The van der Waals surface area contributed by atoms with Crippen molar-refractivity contribution in [2.24, 2.45) is 5.92 Å². The number of nitrogens with zero attached hydrogens (tertiary/aromatic N) is 1. The molecule has 0 aromatic heterocycles. The molecule has 0 bridgehead atoms. The summed E-state index contributed by atoms with van der Waals surface area (Å²) in [6.45, 7) is -0.590. The Labute approximate surface area is 235 Å². The van der Waals surface area contributed by atoms with Gasteiger partial charge in [-0.15, -0.1) is 0 Å². The maximum Gasteiger partial charge on any atom is 0.236 e. The molecular formula is C30H31F2NO8. The summed E-state index contributed by atoms with van der Waals surface area (Å²) in [6, 6.07) is 19.2. The highest BCUT2D eigenvalue weighted by atomic mass is 19.1. The molecule has 4 N–H and O–H groups in total. The van der Waals surface area contributed by atoms with Crippen LogP contribution in [0.5, 0.6) is 5.75 Å². The zero-order valence-corrected chi connectivity index (χ0v) is 21.9. The molecule has 2 saturated heterocycles. The number of aliphatic hydroxyl groups is 4. The third-order valence-electron chi connectivity index (χ3n) is 7.38. The molecule has 2 aliphatic heterocycles. The molecule has 0 spiro atoms. The number of para-hydroxylation sites is 1. The van der Waals surface area contributed by atoms with Crippen LogP contribution in [0.4, 0.5) is 14.5 Å². The van der Waals surface area contributed by atoms with Gasteiger partial charge in [0.25, 0.3) is 0 Å². The van der Waals surface area contributed by atoms with Crippen LogP contribution in [0.3, 0.4) is 0 Å². The zero-order valence-electron chi connectivity index (χ0n) is 21.9. The molecule has 2 fully saturated rings. The van der Waals surface area contributed by atoms with Gasteiger partial charge in [-0.1, -0.05) is 30.3 Å². The average molecular weight is 572 g/mol. The van der Waals surface area contributed by atoms with Crippen LogP contribution in [0.25, 0.3) is 0 Å². The average Bonchev–Trinajstić information content (AvgIpc) is 2.98. The third-order valence-corrected chi connectivity index (χ3v) is 7.38. The number of hydrogen-bond donors (Lipinski definition) is 4. The fourth-order valence-corrected chi connectivity index (χ4v) is 5.10. The van der Waals surface area contributed by atoms with Crippen LogP contribution in [0.1, 0.15) is 24.5 Å². The van der Waals surface area contributed by atoms with Gasteiger partial charge in [0.2, 0.25) is 12.2 Å².